The van der Waals surface area contributed by atoms with Gasteiger partial charge in [-0.3, -0.25) is 10.1 Å². The van der Waals surface area contributed by atoms with Crippen LogP contribution in [0.5, 0.6) is 11.5 Å². The van der Waals surface area contributed by atoms with Gasteiger partial charge in [0.05, 0.1) is 11.5 Å². The SMILES string of the molecule is CCCCOC(=O)/C=C/c1cc(O)c(O)c([N+](=O)[O-])c1. The van der Waals surface area contributed by atoms with Crippen molar-refractivity contribution in [1.82, 2.24) is 0 Å². The van der Waals surface area contributed by atoms with E-state index in [1.165, 1.54) is 6.08 Å². The van der Waals surface area contributed by atoms with E-state index in [-0.39, 0.29) is 5.56 Å². The molecule has 7 nitrogen and oxygen atoms in total. The van der Waals surface area contributed by atoms with Crippen molar-refractivity contribution >= 4 is 17.7 Å². The minimum Gasteiger partial charge on any atom is -0.504 e. The van der Waals surface area contributed by atoms with Gasteiger partial charge in [0.1, 0.15) is 0 Å². The molecule has 0 heterocycles. The summed E-state index contributed by atoms with van der Waals surface area (Å²) in [5.74, 6) is -2.01. The van der Waals surface area contributed by atoms with Crippen LogP contribution in [0.3, 0.4) is 0 Å². The molecule has 1 rings (SSSR count). The maximum atomic E-state index is 11.3. The van der Waals surface area contributed by atoms with Gasteiger partial charge in [0.25, 0.3) is 0 Å². The number of aromatic hydroxyl groups is 2. The number of ether oxygens (including phenoxy) is 1. The molecule has 0 amide bonds. The van der Waals surface area contributed by atoms with Crippen molar-refractivity contribution in [2.24, 2.45) is 0 Å². The smallest absolute Gasteiger partial charge is 0.330 e. The van der Waals surface area contributed by atoms with Crippen LogP contribution in [0, 0.1) is 10.1 Å². The molecule has 0 unspecified atom stereocenters. The number of carbonyl (C=O) groups is 1. The fourth-order valence-electron chi connectivity index (χ4n) is 1.39. The summed E-state index contributed by atoms with van der Waals surface area (Å²) >= 11 is 0. The molecule has 0 spiro atoms. The van der Waals surface area contributed by atoms with Gasteiger partial charge in [0, 0.05) is 12.1 Å². The fraction of sp³-hybridized carbons (Fsp3) is 0.308. The standard InChI is InChI=1S/C13H15NO6/c1-2-3-6-20-12(16)5-4-9-7-10(14(18)19)13(17)11(15)8-9/h4-5,7-8,15,17H,2-3,6H2,1H3/b5-4+. The van der Waals surface area contributed by atoms with Crippen LogP contribution in [-0.4, -0.2) is 27.7 Å². The third-order valence-electron chi connectivity index (χ3n) is 2.44. The second-order valence-corrected chi connectivity index (χ2v) is 4.02. The van der Waals surface area contributed by atoms with Crippen LogP contribution in [-0.2, 0) is 9.53 Å². The zero-order chi connectivity index (χ0) is 15.1. The molecule has 1 aromatic rings. The monoisotopic (exact) mass is 281 g/mol. The summed E-state index contributed by atoms with van der Waals surface area (Å²) in [6.07, 6.45) is 4.02. The second kappa shape index (κ2) is 7.13. The molecule has 0 saturated heterocycles. The number of esters is 1. The van der Waals surface area contributed by atoms with Crippen LogP contribution in [0.2, 0.25) is 0 Å². The summed E-state index contributed by atoms with van der Waals surface area (Å²) in [4.78, 5) is 21.1. The van der Waals surface area contributed by atoms with E-state index in [9.17, 15) is 25.1 Å². The Hall–Kier alpha value is -2.57. The lowest BCUT2D eigenvalue weighted by Gasteiger charge is -2.02. The first-order valence-corrected chi connectivity index (χ1v) is 6.01. The molecule has 0 saturated carbocycles. The number of hydrogen-bond acceptors (Lipinski definition) is 6. The highest BCUT2D eigenvalue weighted by Gasteiger charge is 2.18. The van der Waals surface area contributed by atoms with E-state index >= 15 is 0 Å². The highest BCUT2D eigenvalue weighted by atomic mass is 16.6. The third-order valence-corrected chi connectivity index (χ3v) is 2.44. The van der Waals surface area contributed by atoms with Gasteiger partial charge in [-0.25, -0.2) is 4.79 Å². The number of phenolic OH excluding ortho intramolecular Hbond substituents is 2. The van der Waals surface area contributed by atoms with Crippen molar-refractivity contribution in [3.8, 4) is 11.5 Å². The fourth-order valence-corrected chi connectivity index (χ4v) is 1.39. The normalized spacial score (nSPS) is 10.7. The highest BCUT2D eigenvalue weighted by molar-refractivity contribution is 5.87. The van der Waals surface area contributed by atoms with E-state index in [2.05, 4.69) is 0 Å². The molecule has 0 aliphatic rings. The largest absolute Gasteiger partial charge is 0.504 e. The molecule has 0 aromatic heterocycles. The van der Waals surface area contributed by atoms with Crippen LogP contribution in [0.4, 0.5) is 5.69 Å². The average molecular weight is 281 g/mol. The van der Waals surface area contributed by atoms with Crippen molar-refractivity contribution in [1.29, 1.82) is 0 Å². The maximum absolute atomic E-state index is 11.3. The van der Waals surface area contributed by atoms with Crippen LogP contribution >= 0.6 is 0 Å². The Balaban J connectivity index is 2.82. The van der Waals surface area contributed by atoms with Gasteiger partial charge in [-0.2, -0.15) is 0 Å². The molecule has 20 heavy (non-hydrogen) atoms. The Morgan fingerprint density at radius 1 is 1.45 bits per heavy atom. The number of nitro benzene ring substituents is 1. The number of nitro groups is 1. The Labute approximate surface area is 115 Å². The molecule has 0 aliphatic heterocycles. The summed E-state index contributed by atoms with van der Waals surface area (Å²) in [6, 6.07) is 2.16. The third kappa shape index (κ3) is 4.27. The zero-order valence-electron chi connectivity index (χ0n) is 10.9. The van der Waals surface area contributed by atoms with E-state index < -0.39 is 28.1 Å². The molecule has 0 bridgehead atoms. The number of benzene rings is 1. The summed E-state index contributed by atoms with van der Waals surface area (Å²) in [6.45, 7) is 2.27. The molecule has 0 atom stereocenters. The van der Waals surface area contributed by atoms with E-state index in [1.54, 1.807) is 0 Å². The van der Waals surface area contributed by atoms with Gasteiger partial charge >= 0.3 is 11.7 Å². The topological polar surface area (TPSA) is 110 Å². The average Bonchev–Trinajstić information content (AvgIpc) is 2.40. The number of hydrogen-bond donors (Lipinski definition) is 2. The first-order chi connectivity index (χ1) is 9.45. The van der Waals surface area contributed by atoms with E-state index in [1.807, 2.05) is 6.92 Å². The number of rotatable bonds is 6. The van der Waals surface area contributed by atoms with Crippen molar-refractivity contribution < 1.29 is 24.7 Å². The lowest BCUT2D eigenvalue weighted by Crippen LogP contribution is -2.01. The van der Waals surface area contributed by atoms with Gasteiger partial charge in [0.15, 0.2) is 5.75 Å². The Kier molecular flexibility index (Phi) is 5.52. The summed E-state index contributed by atoms with van der Waals surface area (Å²) in [5, 5.41) is 29.3. The Morgan fingerprint density at radius 2 is 2.15 bits per heavy atom. The van der Waals surface area contributed by atoms with Crippen LogP contribution in [0.15, 0.2) is 18.2 Å². The predicted molar refractivity (Wildman–Crippen MR) is 71.3 cm³/mol. The van der Waals surface area contributed by atoms with Crippen molar-refractivity contribution in [3.63, 3.8) is 0 Å². The number of unbranched alkanes of at least 4 members (excludes halogenated alkanes) is 1. The van der Waals surface area contributed by atoms with Gasteiger partial charge in [-0.15, -0.1) is 0 Å². The molecular formula is C13H15NO6. The quantitative estimate of drug-likeness (QED) is 0.207. The highest BCUT2D eigenvalue weighted by Crippen LogP contribution is 2.36. The summed E-state index contributed by atoms with van der Waals surface area (Å²) in [5.41, 5.74) is -0.427. The lowest BCUT2D eigenvalue weighted by molar-refractivity contribution is -0.386. The molecule has 1 aromatic carbocycles. The molecule has 108 valence electrons. The number of nitrogens with zero attached hydrogens (tertiary/aromatic N) is 1. The van der Waals surface area contributed by atoms with Gasteiger partial charge in [0.2, 0.25) is 5.75 Å². The van der Waals surface area contributed by atoms with Crippen LogP contribution in [0.1, 0.15) is 25.3 Å². The van der Waals surface area contributed by atoms with E-state index in [0.717, 1.165) is 31.1 Å². The lowest BCUT2D eigenvalue weighted by atomic mass is 10.1. The van der Waals surface area contributed by atoms with Crippen molar-refractivity contribution in [2.75, 3.05) is 6.61 Å². The summed E-state index contributed by atoms with van der Waals surface area (Å²) in [7, 11) is 0. The van der Waals surface area contributed by atoms with E-state index in [4.69, 9.17) is 4.74 Å². The minimum absolute atomic E-state index is 0.208. The Bertz CT molecular complexity index is 538. The Morgan fingerprint density at radius 3 is 2.75 bits per heavy atom. The van der Waals surface area contributed by atoms with E-state index in [0.29, 0.717) is 6.61 Å². The van der Waals surface area contributed by atoms with Crippen molar-refractivity contribution in [2.45, 2.75) is 19.8 Å². The molecule has 0 radical (unpaired) electrons. The minimum atomic E-state index is -0.827. The molecular weight excluding hydrogens is 266 g/mol. The molecule has 0 fully saturated rings. The molecule has 7 heteroatoms. The van der Waals surface area contributed by atoms with Gasteiger partial charge < -0.3 is 14.9 Å². The first kappa shape index (κ1) is 15.5. The number of phenols is 2. The molecule has 0 aliphatic carbocycles. The summed E-state index contributed by atoms with van der Waals surface area (Å²) < 4.78 is 4.86. The maximum Gasteiger partial charge on any atom is 0.330 e. The first-order valence-electron chi connectivity index (χ1n) is 6.01. The van der Waals surface area contributed by atoms with Crippen LogP contribution in [0.25, 0.3) is 6.08 Å². The zero-order valence-corrected chi connectivity index (χ0v) is 10.9. The van der Waals surface area contributed by atoms with Crippen LogP contribution < -0.4 is 0 Å². The molecule has 2 N–H and O–H groups in total. The number of carbonyl (C=O) groups excluding carboxylic acids is 1. The van der Waals surface area contributed by atoms with Crippen molar-refractivity contribution in [3.05, 3.63) is 33.9 Å². The van der Waals surface area contributed by atoms with Gasteiger partial charge in [-0.05, 0) is 24.1 Å². The predicted octanol–water partition coefficient (Wildman–Crippen LogP) is 2.36. The van der Waals surface area contributed by atoms with Gasteiger partial charge in [-0.1, -0.05) is 13.3 Å². The second-order valence-electron chi connectivity index (χ2n) is 4.02.